The minimum absolute atomic E-state index is 0.0628. The summed E-state index contributed by atoms with van der Waals surface area (Å²) in [4.78, 5) is 56.8. The monoisotopic (exact) mass is 768 g/mol. The summed E-state index contributed by atoms with van der Waals surface area (Å²) in [5.41, 5.74) is 5.60. The van der Waals surface area contributed by atoms with E-state index in [0.29, 0.717) is 29.1 Å². The second kappa shape index (κ2) is 16.0. The van der Waals surface area contributed by atoms with Crippen LogP contribution in [-0.2, 0) is 35.0 Å². The highest BCUT2D eigenvalue weighted by Gasteiger charge is 2.64. The third kappa shape index (κ3) is 8.36. The van der Waals surface area contributed by atoms with E-state index in [0.717, 1.165) is 11.1 Å². The first-order chi connectivity index (χ1) is 25.4. The summed E-state index contributed by atoms with van der Waals surface area (Å²) in [6.45, 7) is 6.93. The number of nitrogens with zero attached hydrogens (tertiary/aromatic N) is 2. The number of carbonyl (C=O) groups excluding carboxylic acids is 4. The average molecular weight is 769 g/mol. The fourth-order valence-electron chi connectivity index (χ4n) is 7.01. The normalized spacial score (nSPS) is 30.7. The third-order valence-electron chi connectivity index (χ3n) is 10.6. The molecule has 54 heavy (non-hydrogen) atoms. The molecule has 3 amide bonds. The zero-order chi connectivity index (χ0) is 39.7. The van der Waals surface area contributed by atoms with Crippen molar-refractivity contribution in [3.63, 3.8) is 0 Å². The molecule has 0 aromatic heterocycles. The van der Waals surface area contributed by atoms with Crippen LogP contribution < -0.4 is 20.7 Å². The minimum Gasteiger partial charge on any atom is -0.495 e. The van der Waals surface area contributed by atoms with Gasteiger partial charge in [0.15, 0.2) is 5.72 Å². The zero-order valence-electron chi connectivity index (χ0n) is 31.8. The Hall–Kier alpha value is -4.63. The molecule has 2 fully saturated rings. The summed E-state index contributed by atoms with van der Waals surface area (Å²) in [6.07, 6.45) is 0.785. The van der Waals surface area contributed by atoms with Gasteiger partial charge in [0.25, 0.3) is 5.91 Å². The van der Waals surface area contributed by atoms with Crippen molar-refractivity contribution in [2.45, 2.75) is 88.7 Å². The molecule has 0 spiro atoms. The van der Waals surface area contributed by atoms with E-state index in [4.69, 9.17) is 41.0 Å². The van der Waals surface area contributed by atoms with Crippen LogP contribution >= 0.6 is 11.6 Å². The van der Waals surface area contributed by atoms with Gasteiger partial charge in [0.05, 0.1) is 25.3 Å². The maximum atomic E-state index is 14.2. The molecule has 4 bridgehead atoms. The Morgan fingerprint density at radius 3 is 2.52 bits per heavy atom. The molecule has 8 atom stereocenters. The molecule has 2 aromatic carbocycles. The van der Waals surface area contributed by atoms with Crippen LogP contribution in [0.1, 0.15) is 56.5 Å². The first kappa shape index (κ1) is 40.6. The molecular weight excluding hydrogens is 720 g/mol. The number of halogens is 1. The number of nitrogen functional groups attached to an aromatic ring is 1. The Bertz CT molecular complexity index is 1840. The quantitative estimate of drug-likeness (QED) is 0.215. The van der Waals surface area contributed by atoms with Crippen molar-refractivity contribution < 1.29 is 48.0 Å². The van der Waals surface area contributed by atoms with Gasteiger partial charge in [-0.3, -0.25) is 14.9 Å². The largest absolute Gasteiger partial charge is 0.495 e. The smallest absolute Gasteiger partial charge is 0.409 e. The van der Waals surface area contributed by atoms with Crippen molar-refractivity contribution in [3.05, 3.63) is 76.3 Å². The number of rotatable bonds is 6. The molecule has 14 nitrogen and oxygen atoms in total. The number of methoxy groups -OCH3 is 2. The molecule has 4 N–H and O–H groups in total. The number of alkyl carbamates (subject to hydrolysis) is 1. The van der Waals surface area contributed by atoms with Crippen molar-refractivity contribution in [1.29, 1.82) is 0 Å². The lowest BCUT2D eigenvalue weighted by atomic mass is 9.83. The Balaban J connectivity index is 1.52. The third-order valence-corrected chi connectivity index (χ3v) is 11.0. The lowest BCUT2D eigenvalue weighted by Crippen LogP contribution is -2.63. The van der Waals surface area contributed by atoms with E-state index in [9.17, 15) is 24.3 Å². The summed E-state index contributed by atoms with van der Waals surface area (Å²) in [5.74, 6) is -1.84. The molecule has 3 aliphatic rings. The van der Waals surface area contributed by atoms with Crippen LogP contribution in [0.3, 0.4) is 0 Å². The van der Waals surface area contributed by atoms with Gasteiger partial charge < -0.3 is 44.3 Å². The molecule has 0 saturated carbocycles. The Labute approximate surface area is 320 Å². The van der Waals surface area contributed by atoms with Crippen LogP contribution in [0.15, 0.2) is 60.2 Å². The number of epoxide rings is 1. The molecule has 15 heteroatoms. The molecule has 2 saturated heterocycles. The van der Waals surface area contributed by atoms with Gasteiger partial charge in [0.2, 0.25) is 5.91 Å². The van der Waals surface area contributed by atoms with Gasteiger partial charge in [-0.25, -0.2) is 9.59 Å². The second-order valence-electron chi connectivity index (χ2n) is 14.4. The summed E-state index contributed by atoms with van der Waals surface area (Å²) < 4.78 is 29.2. The van der Waals surface area contributed by atoms with E-state index in [2.05, 4.69) is 5.32 Å². The highest BCUT2D eigenvalue weighted by molar-refractivity contribution is 6.35. The van der Waals surface area contributed by atoms with Gasteiger partial charge in [0, 0.05) is 44.8 Å². The summed E-state index contributed by atoms with van der Waals surface area (Å²) in [7, 11) is 5.95. The van der Waals surface area contributed by atoms with Crippen molar-refractivity contribution in [1.82, 2.24) is 10.2 Å². The number of amides is 3. The van der Waals surface area contributed by atoms with Gasteiger partial charge in [-0.1, -0.05) is 42.3 Å². The van der Waals surface area contributed by atoms with Crippen molar-refractivity contribution in [3.8, 4) is 5.75 Å². The number of esters is 1. The number of aliphatic hydroxyl groups is 1. The van der Waals surface area contributed by atoms with E-state index < -0.39 is 71.6 Å². The van der Waals surface area contributed by atoms with Gasteiger partial charge in [0.1, 0.15) is 40.7 Å². The Morgan fingerprint density at radius 2 is 1.87 bits per heavy atom. The maximum Gasteiger partial charge on any atom is 0.409 e. The fraction of sp³-hybridized carbons (Fsp3) is 0.487. The molecular formula is C39H49ClN4O10. The van der Waals surface area contributed by atoms with Crippen LogP contribution in [-0.4, -0.2) is 104 Å². The SMILES string of the molecule is COc1cc2cc(c1Cl)N(C)C(=O)C[C@@H](OC(=O)[C@H](C)N(C)C(=O)c1ccc(N)cc1)[C@]1(C)O[C@H]1[C@H](C)[C@@H]1C[C@@](O)(NC(=O)O1)[C@H](OC)/C=C/C=C(\C)C2. The highest BCUT2D eigenvalue weighted by atomic mass is 35.5. The fourth-order valence-corrected chi connectivity index (χ4v) is 7.32. The van der Waals surface area contributed by atoms with Crippen LogP contribution in [0.5, 0.6) is 5.75 Å². The second-order valence-corrected chi connectivity index (χ2v) is 14.8. The zero-order valence-corrected chi connectivity index (χ0v) is 32.5. The first-order valence-corrected chi connectivity index (χ1v) is 18.0. The molecule has 5 rings (SSSR count). The average Bonchev–Trinajstić information content (AvgIpc) is 3.83. The van der Waals surface area contributed by atoms with Crippen molar-refractivity contribution in [2.24, 2.45) is 5.92 Å². The van der Waals surface area contributed by atoms with E-state index >= 15 is 0 Å². The first-order valence-electron chi connectivity index (χ1n) is 17.6. The van der Waals surface area contributed by atoms with Gasteiger partial charge in [-0.05, 0) is 69.2 Å². The van der Waals surface area contributed by atoms with Crippen molar-refractivity contribution in [2.75, 3.05) is 38.9 Å². The number of carbonyl (C=O) groups is 4. The summed E-state index contributed by atoms with van der Waals surface area (Å²) in [5, 5.41) is 14.5. The number of hydrogen-bond donors (Lipinski definition) is 3. The molecule has 292 valence electrons. The molecule has 0 unspecified atom stereocenters. The van der Waals surface area contributed by atoms with Gasteiger partial charge in [-0.15, -0.1) is 0 Å². The molecule has 0 aliphatic carbocycles. The highest BCUT2D eigenvalue weighted by Crippen LogP contribution is 2.49. The van der Waals surface area contributed by atoms with Gasteiger partial charge >= 0.3 is 12.1 Å². The summed E-state index contributed by atoms with van der Waals surface area (Å²) >= 11 is 6.76. The predicted octanol–water partition coefficient (Wildman–Crippen LogP) is 4.41. The molecule has 2 aromatic rings. The van der Waals surface area contributed by atoms with Crippen LogP contribution in [0, 0.1) is 5.92 Å². The van der Waals surface area contributed by atoms with Crippen LogP contribution in [0.25, 0.3) is 0 Å². The van der Waals surface area contributed by atoms with E-state index in [-0.39, 0.29) is 17.9 Å². The standard InChI is InChI=1S/C39H49ClN4O10/c1-21-10-9-11-30(51-8)39(49)20-29(52-37(48)42-39)22(2)34-38(4,54-34)31(19-32(45)44(6)27-17-24(16-21)18-28(50-7)33(27)40)53-36(47)23(3)43(5)35(46)25-12-14-26(41)15-13-25/h9-15,17-18,22-23,29-31,34,49H,16,19-20,41H2,1-8H3,(H,42,48)/b11-9+,21-10+/t22-,23+,29+,30-,31-,34+,38+,39+/m1/s1. The molecule has 3 heterocycles. The van der Waals surface area contributed by atoms with Crippen molar-refractivity contribution >= 4 is 46.9 Å². The maximum absolute atomic E-state index is 14.2. The minimum atomic E-state index is -1.84. The number of ether oxygens (including phenoxy) is 5. The number of hydrogen-bond acceptors (Lipinski definition) is 11. The molecule has 3 aliphatic heterocycles. The lowest BCUT2D eigenvalue weighted by molar-refractivity contribution is -0.158. The number of likely N-dealkylation sites (N-methyl/N-ethyl adjacent to an activating group) is 1. The topological polar surface area (TPSA) is 182 Å². The van der Waals surface area contributed by atoms with E-state index in [1.54, 1.807) is 69.4 Å². The van der Waals surface area contributed by atoms with Gasteiger partial charge in [-0.2, -0.15) is 0 Å². The summed E-state index contributed by atoms with van der Waals surface area (Å²) in [6, 6.07) is 8.80. The van der Waals surface area contributed by atoms with Crippen LogP contribution in [0.2, 0.25) is 5.02 Å². The predicted molar refractivity (Wildman–Crippen MR) is 201 cm³/mol. The number of anilines is 2. The number of fused-ring (bicyclic) bond motifs is 5. The number of nitrogens with one attached hydrogen (secondary N) is 1. The molecule has 0 radical (unpaired) electrons. The van der Waals surface area contributed by atoms with E-state index in [1.807, 2.05) is 13.0 Å². The lowest BCUT2D eigenvalue weighted by Gasteiger charge is -2.42. The van der Waals surface area contributed by atoms with Crippen LogP contribution in [0.4, 0.5) is 16.2 Å². The Morgan fingerprint density at radius 1 is 1.19 bits per heavy atom. The Kier molecular flexibility index (Phi) is 12.0. The number of benzene rings is 2. The van der Waals surface area contributed by atoms with E-state index in [1.165, 1.54) is 38.0 Å². The number of allylic oxidation sites excluding steroid dienone is 3. The number of nitrogens with two attached hydrogens (primary N) is 1.